The fourth-order valence-electron chi connectivity index (χ4n) is 2.07. The molecule has 0 spiro atoms. The number of hydrogen-bond donors (Lipinski definition) is 0. The van der Waals surface area contributed by atoms with Crippen LogP contribution >= 0.6 is 0 Å². The smallest absolute Gasteiger partial charge is 0.133 e. The van der Waals surface area contributed by atoms with Crippen LogP contribution in [0.4, 0.5) is 0 Å². The summed E-state index contributed by atoms with van der Waals surface area (Å²) in [5, 5.41) is 0. The molecule has 0 N–H and O–H groups in total. The van der Waals surface area contributed by atoms with Crippen LogP contribution in [0.25, 0.3) is 0 Å². The van der Waals surface area contributed by atoms with Gasteiger partial charge in [-0.3, -0.25) is 4.79 Å². The molecule has 0 saturated heterocycles. The van der Waals surface area contributed by atoms with Crippen LogP contribution in [0.2, 0.25) is 0 Å². The van der Waals surface area contributed by atoms with Crippen molar-refractivity contribution in [3.05, 3.63) is 24.3 Å². The largest absolute Gasteiger partial charge is 0.300 e. The minimum absolute atomic E-state index is 0.378. The quantitative estimate of drug-likeness (QED) is 0.609. The van der Waals surface area contributed by atoms with Crippen LogP contribution in [-0.2, 0) is 4.79 Å². The first kappa shape index (κ1) is 7.78. The van der Waals surface area contributed by atoms with Gasteiger partial charge in [0.25, 0.3) is 0 Å². The molecule has 1 heteroatoms. The average molecular weight is 162 g/mol. The Bertz CT molecular complexity index is 250. The average Bonchev–Trinajstić information content (AvgIpc) is 2.84. The van der Waals surface area contributed by atoms with Gasteiger partial charge < -0.3 is 0 Å². The minimum Gasteiger partial charge on any atom is -0.300 e. The lowest BCUT2D eigenvalue weighted by atomic mass is 9.94. The lowest BCUT2D eigenvalue weighted by molar-refractivity contribution is -0.118. The number of ketones is 1. The van der Waals surface area contributed by atoms with Crippen molar-refractivity contribution in [1.29, 1.82) is 0 Å². The maximum atomic E-state index is 11.0. The van der Waals surface area contributed by atoms with E-state index in [1.807, 2.05) is 0 Å². The van der Waals surface area contributed by atoms with E-state index >= 15 is 0 Å². The monoisotopic (exact) mass is 162 g/mol. The zero-order valence-corrected chi connectivity index (χ0v) is 7.36. The van der Waals surface area contributed by atoms with E-state index in [-0.39, 0.29) is 0 Å². The van der Waals surface area contributed by atoms with Crippen molar-refractivity contribution in [2.24, 2.45) is 17.8 Å². The summed E-state index contributed by atoms with van der Waals surface area (Å²) in [6, 6.07) is 0. The van der Waals surface area contributed by atoms with Gasteiger partial charge in [0.05, 0.1) is 0 Å². The molecule has 1 fully saturated rings. The molecule has 0 heterocycles. The highest BCUT2D eigenvalue weighted by Gasteiger charge is 2.44. The number of carbonyl (C=O) groups excluding carboxylic acids is 1. The van der Waals surface area contributed by atoms with Crippen molar-refractivity contribution >= 4 is 5.78 Å². The first-order valence-corrected chi connectivity index (χ1v) is 4.63. The standard InChI is InChI=1S/C11H14O/c1-8(12)10-7-11(10)9-5-3-2-4-6-9/h2-5,9-11H,6-7H2,1H3/t9?,10-,11-/m0/s1. The Balaban J connectivity index is 1.93. The van der Waals surface area contributed by atoms with Gasteiger partial charge in [-0.15, -0.1) is 0 Å². The molecule has 2 aliphatic rings. The van der Waals surface area contributed by atoms with E-state index in [2.05, 4.69) is 24.3 Å². The van der Waals surface area contributed by atoms with E-state index in [0.29, 0.717) is 23.5 Å². The lowest BCUT2D eigenvalue weighted by Crippen LogP contribution is -2.05. The van der Waals surface area contributed by atoms with Crippen molar-refractivity contribution in [2.75, 3.05) is 0 Å². The second-order valence-electron chi connectivity index (χ2n) is 3.83. The van der Waals surface area contributed by atoms with E-state index in [0.717, 1.165) is 12.8 Å². The first-order chi connectivity index (χ1) is 5.79. The highest BCUT2D eigenvalue weighted by molar-refractivity contribution is 5.81. The summed E-state index contributed by atoms with van der Waals surface area (Å²) in [6.45, 7) is 1.72. The maximum Gasteiger partial charge on any atom is 0.133 e. The number of allylic oxidation sites excluding steroid dienone is 4. The van der Waals surface area contributed by atoms with Crippen molar-refractivity contribution in [3.8, 4) is 0 Å². The number of Topliss-reactive ketones (excluding diaryl/α,β-unsaturated/α-hetero) is 1. The SMILES string of the molecule is CC(=O)[C@@H]1C[C@H]1C1C=CC=CC1. The highest BCUT2D eigenvalue weighted by Crippen LogP contribution is 2.47. The second kappa shape index (κ2) is 2.89. The second-order valence-corrected chi connectivity index (χ2v) is 3.83. The molecule has 0 radical (unpaired) electrons. The molecule has 0 aromatic rings. The Morgan fingerprint density at radius 2 is 2.25 bits per heavy atom. The van der Waals surface area contributed by atoms with Gasteiger partial charge in [-0.25, -0.2) is 0 Å². The van der Waals surface area contributed by atoms with E-state index in [1.165, 1.54) is 0 Å². The van der Waals surface area contributed by atoms with Crippen molar-refractivity contribution in [1.82, 2.24) is 0 Å². The Labute approximate surface area is 73.2 Å². The van der Waals surface area contributed by atoms with E-state index in [1.54, 1.807) is 6.92 Å². The van der Waals surface area contributed by atoms with Crippen LogP contribution in [0, 0.1) is 17.8 Å². The zero-order valence-electron chi connectivity index (χ0n) is 7.36. The molecule has 1 saturated carbocycles. The van der Waals surface area contributed by atoms with Crippen LogP contribution < -0.4 is 0 Å². The molecule has 12 heavy (non-hydrogen) atoms. The van der Waals surface area contributed by atoms with Crippen LogP contribution in [0.1, 0.15) is 19.8 Å². The van der Waals surface area contributed by atoms with Crippen molar-refractivity contribution in [2.45, 2.75) is 19.8 Å². The number of carbonyl (C=O) groups is 1. The predicted octanol–water partition coefficient (Wildman–Crippen LogP) is 2.34. The van der Waals surface area contributed by atoms with Crippen LogP contribution in [0.15, 0.2) is 24.3 Å². The molecule has 0 bridgehead atoms. The summed E-state index contributed by atoms with van der Waals surface area (Å²) in [7, 11) is 0. The van der Waals surface area contributed by atoms with Gasteiger partial charge in [0.1, 0.15) is 5.78 Å². The molecule has 2 rings (SSSR count). The third-order valence-electron chi connectivity index (χ3n) is 2.93. The molecular weight excluding hydrogens is 148 g/mol. The fraction of sp³-hybridized carbons (Fsp3) is 0.545. The van der Waals surface area contributed by atoms with E-state index < -0.39 is 0 Å². The summed E-state index contributed by atoms with van der Waals surface area (Å²) >= 11 is 0. The van der Waals surface area contributed by atoms with Gasteiger partial charge >= 0.3 is 0 Å². The fourth-order valence-corrected chi connectivity index (χ4v) is 2.07. The molecular formula is C11H14O. The van der Waals surface area contributed by atoms with Crippen LogP contribution in [-0.4, -0.2) is 5.78 Å². The van der Waals surface area contributed by atoms with Crippen LogP contribution in [0.3, 0.4) is 0 Å². The molecule has 64 valence electrons. The Morgan fingerprint density at radius 3 is 2.75 bits per heavy atom. The maximum absolute atomic E-state index is 11.0. The molecule has 1 nitrogen and oxygen atoms in total. The molecule has 0 aliphatic heterocycles. The minimum atomic E-state index is 0.378. The Hall–Kier alpha value is -0.850. The molecule has 0 aromatic carbocycles. The Morgan fingerprint density at radius 1 is 1.42 bits per heavy atom. The lowest BCUT2D eigenvalue weighted by Gasteiger charge is -2.11. The van der Waals surface area contributed by atoms with E-state index in [4.69, 9.17) is 0 Å². The summed E-state index contributed by atoms with van der Waals surface area (Å²) in [4.78, 5) is 11.0. The van der Waals surface area contributed by atoms with E-state index in [9.17, 15) is 4.79 Å². The highest BCUT2D eigenvalue weighted by atomic mass is 16.1. The topological polar surface area (TPSA) is 17.1 Å². The predicted molar refractivity (Wildman–Crippen MR) is 48.7 cm³/mol. The van der Waals surface area contributed by atoms with Gasteiger partial charge in [-0.05, 0) is 31.6 Å². The van der Waals surface area contributed by atoms with Gasteiger partial charge in [0.2, 0.25) is 0 Å². The third kappa shape index (κ3) is 1.36. The van der Waals surface area contributed by atoms with Gasteiger partial charge in [-0.2, -0.15) is 0 Å². The van der Waals surface area contributed by atoms with Crippen LogP contribution in [0.5, 0.6) is 0 Å². The molecule has 2 aliphatic carbocycles. The zero-order chi connectivity index (χ0) is 8.55. The number of hydrogen-bond acceptors (Lipinski definition) is 1. The van der Waals surface area contributed by atoms with Crippen molar-refractivity contribution in [3.63, 3.8) is 0 Å². The van der Waals surface area contributed by atoms with Crippen molar-refractivity contribution < 1.29 is 4.79 Å². The summed E-state index contributed by atoms with van der Waals surface area (Å²) in [6.07, 6.45) is 10.9. The number of rotatable bonds is 2. The molecule has 0 amide bonds. The molecule has 3 atom stereocenters. The third-order valence-corrected chi connectivity index (χ3v) is 2.93. The summed E-state index contributed by atoms with van der Waals surface area (Å²) in [5.41, 5.74) is 0. The van der Waals surface area contributed by atoms with Gasteiger partial charge in [0, 0.05) is 5.92 Å². The Kier molecular flexibility index (Phi) is 1.87. The van der Waals surface area contributed by atoms with Gasteiger partial charge in [0.15, 0.2) is 0 Å². The first-order valence-electron chi connectivity index (χ1n) is 4.63. The molecule has 0 aromatic heterocycles. The summed E-state index contributed by atoms with van der Waals surface area (Å²) < 4.78 is 0. The molecule has 1 unspecified atom stereocenters. The summed E-state index contributed by atoms with van der Waals surface area (Å²) in [5.74, 6) is 2.06. The normalized spacial score (nSPS) is 38.2. The van der Waals surface area contributed by atoms with Gasteiger partial charge in [-0.1, -0.05) is 24.3 Å².